The van der Waals surface area contributed by atoms with Gasteiger partial charge in [0.15, 0.2) is 5.82 Å². The van der Waals surface area contributed by atoms with E-state index in [4.69, 9.17) is 10.8 Å². The summed E-state index contributed by atoms with van der Waals surface area (Å²) >= 11 is 0. The average molecular weight is 430 g/mol. The lowest BCUT2D eigenvalue weighted by Crippen LogP contribution is -2.48. The second kappa shape index (κ2) is 7.78. The SMILES string of the molecule is CC(=O)N1c2ccc(C(C=NC3CC3)=CN)cc2N(c2nn(C)c3cccnc23)C[C@@H]1C. The molecule has 3 aromatic rings. The van der Waals surface area contributed by atoms with Crippen molar-refractivity contribution < 1.29 is 4.79 Å². The largest absolute Gasteiger partial charge is 0.404 e. The number of aliphatic imine (C=N–C) groups is 1. The zero-order valence-corrected chi connectivity index (χ0v) is 18.6. The van der Waals surface area contributed by atoms with Crippen LogP contribution in [0.4, 0.5) is 17.2 Å². The number of carbonyl (C=O) groups excluding carboxylic acids is 1. The second-order valence-corrected chi connectivity index (χ2v) is 8.50. The Morgan fingerprint density at radius 3 is 2.78 bits per heavy atom. The van der Waals surface area contributed by atoms with Gasteiger partial charge in [-0.15, -0.1) is 0 Å². The molecule has 0 unspecified atom stereocenters. The third kappa shape index (κ3) is 3.41. The first-order valence-corrected chi connectivity index (χ1v) is 10.9. The van der Waals surface area contributed by atoms with E-state index >= 15 is 0 Å². The van der Waals surface area contributed by atoms with E-state index in [9.17, 15) is 4.79 Å². The number of carbonyl (C=O) groups is 1. The van der Waals surface area contributed by atoms with Gasteiger partial charge in [-0.2, -0.15) is 5.10 Å². The Hall–Kier alpha value is -3.68. The van der Waals surface area contributed by atoms with Gasteiger partial charge in [0.2, 0.25) is 5.91 Å². The molecule has 0 bridgehead atoms. The molecule has 2 aliphatic rings. The molecule has 0 saturated heterocycles. The fourth-order valence-corrected chi connectivity index (χ4v) is 4.36. The number of benzene rings is 1. The van der Waals surface area contributed by atoms with Gasteiger partial charge in [0.05, 0.1) is 29.0 Å². The molecule has 1 atom stereocenters. The van der Waals surface area contributed by atoms with Crippen molar-refractivity contribution in [3.05, 3.63) is 48.3 Å². The summed E-state index contributed by atoms with van der Waals surface area (Å²) in [5, 5.41) is 4.79. The molecule has 1 fully saturated rings. The van der Waals surface area contributed by atoms with Crippen LogP contribution in [0.3, 0.4) is 0 Å². The Balaban J connectivity index is 1.66. The van der Waals surface area contributed by atoms with E-state index in [-0.39, 0.29) is 11.9 Å². The van der Waals surface area contributed by atoms with E-state index in [1.54, 1.807) is 19.3 Å². The molecule has 3 heterocycles. The van der Waals surface area contributed by atoms with Gasteiger partial charge >= 0.3 is 0 Å². The van der Waals surface area contributed by atoms with Crippen molar-refractivity contribution >= 4 is 45.9 Å². The molecule has 1 aliphatic carbocycles. The van der Waals surface area contributed by atoms with E-state index < -0.39 is 0 Å². The van der Waals surface area contributed by atoms with Crippen molar-refractivity contribution in [2.75, 3.05) is 16.3 Å². The van der Waals surface area contributed by atoms with E-state index in [0.29, 0.717) is 12.6 Å². The summed E-state index contributed by atoms with van der Waals surface area (Å²) in [7, 11) is 1.92. The zero-order valence-electron chi connectivity index (χ0n) is 18.6. The first-order chi connectivity index (χ1) is 15.5. The van der Waals surface area contributed by atoms with Crippen molar-refractivity contribution in [3.63, 3.8) is 0 Å². The lowest BCUT2D eigenvalue weighted by atomic mass is 10.0. The maximum Gasteiger partial charge on any atom is 0.224 e. The summed E-state index contributed by atoms with van der Waals surface area (Å²) in [6.45, 7) is 4.27. The van der Waals surface area contributed by atoms with Crippen LogP contribution in [0.1, 0.15) is 32.3 Å². The number of allylic oxidation sites excluding steroid dienone is 1. The molecule has 1 aliphatic heterocycles. The van der Waals surface area contributed by atoms with Crippen LogP contribution in [0.2, 0.25) is 0 Å². The van der Waals surface area contributed by atoms with E-state index in [1.807, 2.05) is 47.1 Å². The van der Waals surface area contributed by atoms with Crippen LogP contribution < -0.4 is 15.5 Å². The summed E-state index contributed by atoms with van der Waals surface area (Å²) in [5.41, 5.74) is 11.3. The molecule has 0 spiro atoms. The number of aromatic nitrogens is 3. The quantitative estimate of drug-likeness (QED) is 0.642. The molecule has 2 N–H and O–H groups in total. The minimum absolute atomic E-state index is 0.0139. The minimum atomic E-state index is -0.0208. The number of amides is 1. The van der Waals surface area contributed by atoms with Crippen LogP contribution in [0.5, 0.6) is 0 Å². The standard InChI is InChI=1S/C24H27N7O/c1-15-14-30(24-23-21(29(3)28-24)5-4-10-26-23)22-11-17(6-9-20(22)31(15)16(2)32)18(12-25)13-27-19-7-8-19/h4-6,9-13,15,19H,7-8,14,25H2,1-3H3/t15-/m0/s1. The summed E-state index contributed by atoms with van der Waals surface area (Å²) in [4.78, 5) is 25.7. The molecule has 5 rings (SSSR count). The lowest BCUT2D eigenvalue weighted by Gasteiger charge is -2.41. The Morgan fingerprint density at radius 2 is 2.06 bits per heavy atom. The number of aryl methyl sites for hydroxylation is 1. The molecule has 1 amide bonds. The highest BCUT2D eigenvalue weighted by atomic mass is 16.2. The average Bonchev–Trinajstić information content (AvgIpc) is 3.55. The zero-order chi connectivity index (χ0) is 22.4. The van der Waals surface area contributed by atoms with Gasteiger partial charge in [-0.25, -0.2) is 0 Å². The fourth-order valence-electron chi connectivity index (χ4n) is 4.36. The minimum Gasteiger partial charge on any atom is -0.404 e. The molecular formula is C24H27N7O. The van der Waals surface area contributed by atoms with Crippen LogP contribution in [0, 0.1) is 0 Å². The van der Waals surface area contributed by atoms with Gasteiger partial charge in [0, 0.05) is 44.7 Å². The Kier molecular flexibility index (Phi) is 4.92. The van der Waals surface area contributed by atoms with Gasteiger partial charge in [-0.05, 0) is 49.6 Å². The summed E-state index contributed by atoms with van der Waals surface area (Å²) in [5.74, 6) is 0.793. The number of pyridine rings is 1. The smallest absolute Gasteiger partial charge is 0.224 e. The van der Waals surface area contributed by atoms with Crippen molar-refractivity contribution in [1.82, 2.24) is 14.8 Å². The Bertz CT molecular complexity index is 1250. The molecule has 164 valence electrons. The molecule has 32 heavy (non-hydrogen) atoms. The van der Waals surface area contributed by atoms with E-state index in [0.717, 1.165) is 52.2 Å². The van der Waals surface area contributed by atoms with Crippen LogP contribution in [-0.2, 0) is 11.8 Å². The monoisotopic (exact) mass is 429 g/mol. The van der Waals surface area contributed by atoms with Gasteiger partial charge in [-0.1, -0.05) is 6.07 Å². The number of nitrogens with zero attached hydrogens (tertiary/aromatic N) is 6. The molecule has 0 radical (unpaired) electrons. The predicted octanol–water partition coefficient (Wildman–Crippen LogP) is 3.39. The molecule has 2 aromatic heterocycles. The third-order valence-electron chi connectivity index (χ3n) is 6.08. The van der Waals surface area contributed by atoms with Crippen molar-refractivity contribution in [2.45, 2.75) is 38.8 Å². The summed E-state index contributed by atoms with van der Waals surface area (Å²) < 4.78 is 1.84. The maximum atomic E-state index is 12.5. The number of hydrogen-bond donors (Lipinski definition) is 1. The third-order valence-corrected chi connectivity index (χ3v) is 6.08. The predicted molar refractivity (Wildman–Crippen MR) is 128 cm³/mol. The molecule has 1 saturated carbocycles. The molecule has 1 aromatic carbocycles. The topological polar surface area (TPSA) is 92.6 Å². The number of fused-ring (bicyclic) bond motifs is 2. The highest BCUT2D eigenvalue weighted by molar-refractivity contribution is 6.11. The van der Waals surface area contributed by atoms with E-state index in [2.05, 4.69) is 27.9 Å². The Morgan fingerprint density at radius 1 is 1.25 bits per heavy atom. The van der Waals surface area contributed by atoms with Crippen molar-refractivity contribution in [1.29, 1.82) is 0 Å². The number of nitrogens with two attached hydrogens (primary N) is 1. The highest BCUT2D eigenvalue weighted by Gasteiger charge is 2.34. The molecule has 8 nitrogen and oxygen atoms in total. The number of rotatable bonds is 4. The van der Waals surface area contributed by atoms with Crippen LogP contribution in [-0.4, -0.2) is 45.5 Å². The van der Waals surface area contributed by atoms with Crippen molar-refractivity contribution in [3.8, 4) is 0 Å². The summed E-state index contributed by atoms with van der Waals surface area (Å²) in [6, 6.07) is 10.4. The Labute approximate surface area is 187 Å². The fraction of sp³-hybridized carbons (Fsp3) is 0.333. The first-order valence-electron chi connectivity index (χ1n) is 10.9. The van der Waals surface area contributed by atoms with E-state index in [1.165, 1.54) is 0 Å². The highest BCUT2D eigenvalue weighted by Crippen LogP contribution is 2.42. The van der Waals surface area contributed by atoms with Gasteiger partial charge in [0.25, 0.3) is 0 Å². The number of hydrogen-bond acceptors (Lipinski definition) is 6. The summed E-state index contributed by atoms with van der Waals surface area (Å²) in [6.07, 6.45) is 7.50. The van der Waals surface area contributed by atoms with Crippen LogP contribution in [0.25, 0.3) is 16.6 Å². The van der Waals surface area contributed by atoms with Gasteiger partial charge in [-0.3, -0.25) is 19.5 Å². The molecular weight excluding hydrogens is 402 g/mol. The van der Waals surface area contributed by atoms with Gasteiger partial charge in [0.1, 0.15) is 5.52 Å². The van der Waals surface area contributed by atoms with Gasteiger partial charge < -0.3 is 15.5 Å². The normalized spacial score (nSPS) is 19.1. The second-order valence-electron chi connectivity index (χ2n) is 8.50. The maximum absolute atomic E-state index is 12.5. The molecule has 8 heteroatoms. The van der Waals surface area contributed by atoms with Crippen molar-refractivity contribution in [2.24, 2.45) is 17.8 Å². The van der Waals surface area contributed by atoms with Crippen LogP contribution >= 0.6 is 0 Å². The first kappa shape index (κ1) is 20.2. The lowest BCUT2D eigenvalue weighted by molar-refractivity contribution is -0.117. The number of anilines is 3. The van der Waals surface area contributed by atoms with Crippen LogP contribution in [0.15, 0.2) is 47.7 Å².